The molecule has 4 amide bonds. The number of anilines is 4. The van der Waals surface area contributed by atoms with Gasteiger partial charge in [0, 0.05) is 39.8 Å². The number of amides is 4. The molecule has 0 aromatic heterocycles. The predicted molar refractivity (Wildman–Crippen MR) is 243 cm³/mol. The number of carbonyl (C=O) groups excluding carboxylic acids is 6. The number of hydrogen-bond donors (Lipinski definition) is 4. The van der Waals surface area contributed by atoms with Gasteiger partial charge in [-0.2, -0.15) is 20.5 Å². The van der Waals surface area contributed by atoms with Crippen molar-refractivity contribution >= 4 is 151 Å². The summed E-state index contributed by atoms with van der Waals surface area (Å²) in [6, 6.07) is 18.4. The van der Waals surface area contributed by atoms with E-state index in [1.165, 1.54) is 78.9 Å². The van der Waals surface area contributed by atoms with Crippen molar-refractivity contribution in [1.29, 1.82) is 0 Å². The number of ketones is 2. The van der Waals surface area contributed by atoms with Crippen LogP contribution in [0.5, 0.6) is 0 Å². The first-order valence-electron chi connectivity index (χ1n) is 17.7. The van der Waals surface area contributed by atoms with Gasteiger partial charge in [0.05, 0.1) is 30.1 Å². The van der Waals surface area contributed by atoms with Gasteiger partial charge < -0.3 is 21.3 Å². The van der Waals surface area contributed by atoms with Crippen LogP contribution in [0.15, 0.2) is 111 Å². The highest BCUT2D eigenvalue weighted by molar-refractivity contribution is 6.42. The first kappa shape index (κ1) is 47.6. The number of rotatable bonds is 15. The molecule has 21 heteroatoms. The maximum Gasteiger partial charge on any atom is 0.258 e. The molecule has 0 saturated heterocycles. The number of halogens is 7. The van der Waals surface area contributed by atoms with E-state index in [-0.39, 0.29) is 59.8 Å². The van der Waals surface area contributed by atoms with Crippen molar-refractivity contribution in [1.82, 2.24) is 0 Å². The zero-order chi connectivity index (χ0) is 45.2. The molecule has 0 spiro atoms. The second-order valence-corrected chi connectivity index (χ2v) is 15.7. The van der Waals surface area contributed by atoms with E-state index in [9.17, 15) is 28.8 Å². The van der Waals surface area contributed by atoms with Gasteiger partial charge in [-0.1, -0.05) is 69.6 Å². The number of azo groups is 2. The molecule has 5 aromatic carbocycles. The molecule has 14 nitrogen and oxygen atoms in total. The van der Waals surface area contributed by atoms with Gasteiger partial charge in [0.1, 0.15) is 11.4 Å². The Morgan fingerprint density at radius 1 is 0.484 bits per heavy atom. The van der Waals surface area contributed by atoms with Crippen LogP contribution < -0.4 is 21.3 Å². The van der Waals surface area contributed by atoms with Crippen molar-refractivity contribution in [3.8, 4) is 0 Å². The molecule has 2 unspecified atom stereocenters. The van der Waals surface area contributed by atoms with Gasteiger partial charge >= 0.3 is 0 Å². The topological polar surface area (TPSA) is 200 Å². The molecular formula is C41H29Cl7N8O6. The molecule has 0 radical (unpaired) electrons. The Labute approximate surface area is 388 Å². The van der Waals surface area contributed by atoms with E-state index in [2.05, 4.69) is 41.7 Å². The average Bonchev–Trinajstić information content (AvgIpc) is 3.22. The highest BCUT2D eigenvalue weighted by atomic mass is 35.5. The maximum atomic E-state index is 13.3. The Hall–Kier alpha value is -5.45. The van der Waals surface area contributed by atoms with Crippen LogP contribution in [-0.2, 0) is 25.1 Å². The molecule has 0 heterocycles. The van der Waals surface area contributed by atoms with Gasteiger partial charge in [-0.3, -0.25) is 28.8 Å². The van der Waals surface area contributed by atoms with Gasteiger partial charge in [0.25, 0.3) is 23.6 Å². The lowest BCUT2D eigenvalue weighted by Gasteiger charge is -2.15. The van der Waals surface area contributed by atoms with Crippen molar-refractivity contribution in [3.63, 3.8) is 0 Å². The minimum absolute atomic E-state index is 0.000720. The fourth-order valence-electron chi connectivity index (χ4n) is 5.21. The molecule has 0 saturated carbocycles. The molecule has 5 rings (SSSR count). The minimum Gasteiger partial charge on any atom is -0.324 e. The van der Waals surface area contributed by atoms with Gasteiger partial charge in [0.15, 0.2) is 11.6 Å². The summed E-state index contributed by atoms with van der Waals surface area (Å²) in [5, 5.41) is 27.6. The van der Waals surface area contributed by atoms with E-state index < -0.39 is 47.3 Å². The van der Waals surface area contributed by atoms with E-state index in [1.54, 1.807) is 12.1 Å². The van der Waals surface area contributed by atoms with Crippen molar-refractivity contribution in [2.24, 2.45) is 20.5 Å². The van der Waals surface area contributed by atoms with Crippen LogP contribution in [0.1, 0.15) is 40.1 Å². The fraction of sp³-hybridized carbons (Fsp3) is 0.122. The van der Waals surface area contributed by atoms with Crippen molar-refractivity contribution in [2.75, 3.05) is 21.3 Å². The molecule has 0 aliphatic rings. The first-order valence-corrected chi connectivity index (χ1v) is 20.5. The van der Waals surface area contributed by atoms with E-state index >= 15 is 0 Å². The van der Waals surface area contributed by atoms with Gasteiger partial charge in [-0.15, -0.1) is 11.6 Å². The van der Waals surface area contributed by atoms with Crippen LogP contribution in [0.3, 0.4) is 0 Å². The molecule has 5 aromatic rings. The maximum absolute atomic E-state index is 13.3. The van der Waals surface area contributed by atoms with Gasteiger partial charge in [-0.25, -0.2) is 0 Å². The smallest absolute Gasteiger partial charge is 0.258 e. The van der Waals surface area contributed by atoms with Crippen LogP contribution in [0.4, 0.5) is 34.1 Å². The second-order valence-electron chi connectivity index (χ2n) is 12.9. The number of alkyl halides is 1. The SMILES string of the molecule is CC(=O)C(N=Nc1cc(C(=O)Nc2ccc(Cl)c(Cl)c2)ccc1Cl)C(=O)Nc1ccc(NC(=O)C(N=Nc2cc(C(=O)Nc3ccc(Cl)c(Cl)c3)ccc2Cl)C(C)=O)c(CCl)c1. The lowest BCUT2D eigenvalue weighted by atomic mass is 10.1. The summed E-state index contributed by atoms with van der Waals surface area (Å²) in [5.74, 6) is -4.32. The first-order chi connectivity index (χ1) is 29.4. The standard InChI is InChI=1S/C41H29Cl7N8O6/c1-19(57)36(55-53-34-14-21(3-8-29(34)45)38(59)49-25-5-10-27(43)31(47)16-25)40(61)51-24-7-12-33(23(13-24)18-42)52-41(62)37(20(2)58)56-54-35-15-22(4-9-30(35)46)39(60)50-26-6-11-28(44)32(48)17-26/h3-17,36-37H,18H2,1-2H3,(H,49,59)(H,50,60)(H,51,61)(H,52,62). The van der Waals surface area contributed by atoms with E-state index in [4.69, 9.17) is 81.2 Å². The minimum atomic E-state index is -1.64. The van der Waals surface area contributed by atoms with Crippen molar-refractivity contribution in [3.05, 3.63) is 138 Å². The Balaban J connectivity index is 1.26. The Bertz CT molecular complexity index is 2680. The monoisotopic (exact) mass is 974 g/mol. The van der Waals surface area contributed by atoms with E-state index in [0.29, 0.717) is 27.0 Å². The van der Waals surface area contributed by atoms with Crippen LogP contribution in [0.25, 0.3) is 0 Å². The highest BCUT2D eigenvalue weighted by Crippen LogP contribution is 2.31. The zero-order valence-corrected chi connectivity index (χ0v) is 37.2. The summed E-state index contributed by atoms with van der Waals surface area (Å²) in [7, 11) is 0. The van der Waals surface area contributed by atoms with Gasteiger partial charge in [0.2, 0.25) is 12.1 Å². The molecule has 0 aliphatic heterocycles. The van der Waals surface area contributed by atoms with Crippen LogP contribution in [0, 0.1) is 0 Å². The third-order valence-corrected chi connectivity index (χ3v) is 10.8. The molecule has 0 aliphatic carbocycles. The lowest BCUT2D eigenvalue weighted by Crippen LogP contribution is -2.32. The zero-order valence-electron chi connectivity index (χ0n) is 31.9. The summed E-state index contributed by atoms with van der Waals surface area (Å²) in [6.45, 7) is 2.27. The fourth-order valence-corrected chi connectivity index (χ4v) is 6.34. The molecule has 62 heavy (non-hydrogen) atoms. The number of hydrogen-bond acceptors (Lipinski definition) is 10. The average molecular weight is 978 g/mol. The largest absolute Gasteiger partial charge is 0.324 e. The number of carbonyl (C=O) groups is 6. The number of nitrogens with one attached hydrogen (secondary N) is 4. The second kappa shape index (κ2) is 21.6. The number of Topliss-reactive ketones (excluding diaryl/α,β-unsaturated/α-hetero) is 2. The lowest BCUT2D eigenvalue weighted by molar-refractivity contribution is -0.127. The molecular weight excluding hydrogens is 949 g/mol. The Morgan fingerprint density at radius 2 is 0.887 bits per heavy atom. The van der Waals surface area contributed by atoms with Crippen LogP contribution in [-0.4, -0.2) is 47.3 Å². The molecule has 4 N–H and O–H groups in total. The van der Waals surface area contributed by atoms with Crippen molar-refractivity contribution < 1.29 is 28.8 Å². The highest BCUT2D eigenvalue weighted by Gasteiger charge is 2.26. The third kappa shape index (κ3) is 12.6. The molecule has 318 valence electrons. The number of nitrogens with zero attached hydrogens (tertiary/aromatic N) is 4. The van der Waals surface area contributed by atoms with E-state index in [1.807, 2.05) is 0 Å². The normalized spacial score (nSPS) is 12.1. The van der Waals surface area contributed by atoms with Crippen LogP contribution in [0.2, 0.25) is 30.1 Å². The number of benzene rings is 5. The molecule has 0 fully saturated rings. The van der Waals surface area contributed by atoms with Gasteiger partial charge in [-0.05, 0) is 110 Å². The summed E-state index contributed by atoms with van der Waals surface area (Å²) >= 11 is 42.8. The quantitative estimate of drug-likeness (QED) is 0.0457. The Morgan fingerprint density at radius 3 is 1.31 bits per heavy atom. The van der Waals surface area contributed by atoms with Crippen molar-refractivity contribution in [2.45, 2.75) is 31.8 Å². The van der Waals surface area contributed by atoms with E-state index in [0.717, 1.165) is 13.8 Å². The van der Waals surface area contributed by atoms with Crippen LogP contribution >= 0.6 is 81.2 Å². The Kier molecular flexibility index (Phi) is 16.6. The predicted octanol–water partition coefficient (Wildman–Crippen LogP) is 12.2. The molecule has 2 atom stereocenters. The third-order valence-electron chi connectivity index (χ3n) is 8.37. The summed E-state index contributed by atoms with van der Waals surface area (Å²) < 4.78 is 0. The summed E-state index contributed by atoms with van der Waals surface area (Å²) in [6.07, 6.45) is 0. The summed E-state index contributed by atoms with van der Waals surface area (Å²) in [5.41, 5.74) is 1.67. The summed E-state index contributed by atoms with van der Waals surface area (Å²) in [4.78, 5) is 77.6. The molecule has 0 bridgehead atoms.